The predicted molar refractivity (Wildman–Crippen MR) is 59.3 cm³/mol. The molecule has 92 valence electrons. The van der Waals surface area contributed by atoms with Crippen LogP contribution in [-0.2, 0) is 9.59 Å². The van der Waals surface area contributed by atoms with E-state index in [-0.39, 0.29) is 16.9 Å². The van der Waals surface area contributed by atoms with E-state index < -0.39 is 11.5 Å². The molecule has 0 fully saturated rings. The van der Waals surface area contributed by atoms with Crippen molar-refractivity contribution >= 4 is 11.9 Å². The molecule has 0 heterocycles. The zero-order chi connectivity index (χ0) is 13.0. The lowest BCUT2D eigenvalue weighted by atomic mass is 10.0. The first kappa shape index (κ1) is 14.6. The van der Waals surface area contributed by atoms with E-state index >= 15 is 0 Å². The van der Waals surface area contributed by atoms with Crippen LogP contribution in [0.1, 0.15) is 13.8 Å². The van der Waals surface area contributed by atoms with Gasteiger partial charge in [-0.2, -0.15) is 0 Å². The number of carboxylic acid groups (broad SMARTS) is 1. The van der Waals surface area contributed by atoms with Crippen LogP contribution in [0.25, 0.3) is 0 Å². The average Bonchev–Trinajstić information content (AvgIpc) is 1.97. The molecule has 0 atom stereocenters. The SMILES string of the molecule is C=CC(=O)NC(C)(C)C[N+](C)(C)CC(=O)[O-]. The normalized spacial score (nSPS) is 12.0. The number of amides is 1. The maximum absolute atomic E-state index is 11.2. The van der Waals surface area contributed by atoms with Crippen molar-refractivity contribution in [2.24, 2.45) is 0 Å². The van der Waals surface area contributed by atoms with Crippen LogP contribution in [0.5, 0.6) is 0 Å². The van der Waals surface area contributed by atoms with Crippen molar-refractivity contribution in [2.45, 2.75) is 19.4 Å². The Morgan fingerprint density at radius 3 is 2.31 bits per heavy atom. The molecular formula is C11H20N2O3. The highest BCUT2D eigenvalue weighted by atomic mass is 16.4. The van der Waals surface area contributed by atoms with Crippen molar-refractivity contribution in [1.82, 2.24) is 5.32 Å². The van der Waals surface area contributed by atoms with E-state index in [9.17, 15) is 14.7 Å². The molecule has 5 nitrogen and oxygen atoms in total. The lowest BCUT2D eigenvalue weighted by Gasteiger charge is -2.37. The van der Waals surface area contributed by atoms with Gasteiger partial charge in [0.1, 0.15) is 13.1 Å². The van der Waals surface area contributed by atoms with Crippen LogP contribution < -0.4 is 10.4 Å². The second-order valence-electron chi connectivity index (χ2n) is 5.20. The molecule has 1 N–H and O–H groups in total. The van der Waals surface area contributed by atoms with E-state index in [1.165, 1.54) is 6.08 Å². The first-order valence-electron chi connectivity index (χ1n) is 5.04. The van der Waals surface area contributed by atoms with Gasteiger partial charge in [-0.3, -0.25) is 4.79 Å². The average molecular weight is 228 g/mol. The van der Waals surface area contributed by atoms with Crippen LogP contribution in [0.3, 0.4) is 0 Å². The Morgan fingerprint density at radius 2 is 1.94 bits per heavy atom. The van der Waals surface area contributed by atoms with Crippen molar-refractivity contribution in [3.8, 4) is 0 Å². The fourth-order valence-electron chi connectivity index (χ4n) is 1.90. The molecule has 0 radical (unpaired) electrons. The maximum Gasteiger partial charge on any atom is 0.243 e. The van der Waals surface area contributed by atoms with Gasteiger partial charge in [0.05, 0.1) is 25.6 Å². The molecule has 1 amide bonds. The summed E-state index contributed by atoms with van der Waals surface area (Å²) in [6, 6.07) is 0. The number of nitrogens with one attached hydrogen (secondary N) is 1. The van der Waals surface area contributed by atoms with E-state index in [1.54, 1.807) is 14.1 Å². The molecule has 0 aromatic rings. The summed E-state index contributed by atoms with van der Waals surface area (Å²) in [6.07, 6.45) is 1.19. The standard InChI is InChI=1S/C11H20N2O3/c1-6-9(14)12-11(2,3)8-13(4,5)7-10(15)16/h6H,1,7-8H2,2-5H3,(H-,12,14,15,16). The number of likely N-dealkylation sites (N-methyl/N-ethyl adjacent to an activating group) is 1. The van der Waals surface area contributed by atoms with Crippen molar-refractivity contribution in [3.05, 3.63) is 12.7 Å². The first-order valence-corrected chi connectivity index (χ1v) is 5.04. The number of carbonyl (C=O) groups excluding carboxylic acids is 2. The minimum absolute atomic E-state index is 0.0899. The Balaban J connectivity index is 4.49. The number of nitrogens with zero attached hydrogens (tertiary/aromatic N) is 1. The summed E-state index contributed by atoms with van der Waals surface area (Å²) in [5.74, 6) is -1.37. The van der Waals surface area contributed by atoms with Gasteiger partial charge in [-0.1, -0.05) is 6.58 Å². The van der Waals surface area contributed by atoms with Crippen LogP contribution in [0.4, 0.5) is 0 Å². The Kier molecular flexibility index (Phi) is 4.68. The van der Waals surface area contributed by atoms with Crippen molar-refractivity contribution in [2.75, 3.05) is 27.2 Å². The number of rotatable bonds is 6. The highest BCUT2D eigenvalue weighted by Crippen LogP contribution is 2.09. The number of carbonyl (C=O) groups is 2. The molecule has 0 saturated heterocycles. The number of quaternary nitrogens is 1. The molecule has 0 aliphatic carbocycles. The molecule has 0 aliphatic heterocycles. The van der Waals surface area contributed by atoms with Gasteiger partial charge in [0.15, 0.2) is 0 Å². The van der Waals surface area contributed by atoms with Gasteiger partial charge in [0.25, 0.3) is 0 Å². The van der Waals surface area contributed by atoms with Crippen molar-refractivity contribution < 1.29 is 19.2 Å². The zero-order valence-electron chi connectivity index (χ0n) is 10.4. The van der Waals surface area contributed by atoms with Crippen LogP contribution in [-0.4, -0.2) is 49.1 Å². The fourth-order valence-corrected chi connectivity index (χ4v) is 1.90. The van der Waals surface area contributed by atoms with Crippen LogP contribution in [0, 0.1) is 0 Å². The molecule has 0 aromatic carbocycles. The molecule has 0 bridgehead atoms. The highest BCUT2D eigenvalue weighted by Gasteiger charge is 2.29. The monoisotopic (exact) mass is 228 g/mol. The van der Waals surface area contributed by atoms with Crippen molar-refractivity contribution in [3.63, 3.8) is 0 Å². The van der Waals surface area contributed by atoms with Gasteiger partial charge in [-0.15, -0.1) is 0 Å². The van der Waals surface area contributed by atoms with Gasteiger partial charge in [-0.05, 0) is 19.9 Å². The maximum atomic E-state index is 11.2. The van der Waals surface area contributed by atoms with Gasteiger partial charge in [-0.25, -0.2) is 0 Å². The van der Waals surface area contributed by atoms with Crippen LogP contribution >= 0.6 is 0 Å². The summed E-state index contributed by atoms with van der Waals surface area (Å²) in [6.45, 7) is 7.44. The lowest BCUT2D eigenvalue weighted by molar-refractivity contribution is -0.888. The van der Waals surface area contributed by atoms with E-state index in [2.05, 4.69) is 11.9 Å². The Labute approximate surface area is 96.3 Å². The summed E-state index contributed by atoms with van der Waals surface area (Å²) in [4.78, 5) is 21.7. The number of hydrogen-bond acceptors (Lipinski definition) is 3. The summed E-state index contributed by atoms with van der Waals surface area (Å²) >= 11 is 0. The van der Waals surface area contributed by atoms with E-state index in [0.717, 1.165) is 0 Å². The second kappa shape index (κ2) is 5.12. The van der Waals surface area contributed by atoms with E-state index in [4.69, 9.17) is 0 Å². The topological polar surface area (TPSA) is 69.2 Å². The predicted octanol–water partition coefficient (Wildman–Crippen LogP) is -1.11. The smallest absolute Gasteiger partial charge is 0.243 e. The lowest BCUT2D eigenvalue weighted by Crippen LogP contribution is -2.59. The Bertz CT molecular complexity index is 296. The molecule has 0 rings (SSSR count). The number of carboxylic acids is 1. The van der Waals surface area contributed by atoms with Gasteiger partial charge < -0.3 is 19.7 Å². The quantitative estimate of drug-likeness (QED) is 0.463. The van der Waals surface area contributed by atoms with Gasteiger partial charge >= 0.3 is 0 Å². The van der Waals surface area contributed by atoms with Crippen molar-refractivity contribution in [1.29, 1.82) is 0 Å². The third-order valence-corrected chi connectivity index (χ3v) is 2.03. The van der Waals surface area contributed by atoms with Gasteiger partial charge in [0, 0.05) is 0 Å². The fraction of sp³-hybridized carbons (Fsp3) is 0.636. The Hall–Kier alpha value is -1.36. The molecule has 5 heteroatoms. The van der Waals surface area contributed by atoms with Crippen LogP contribution in [0.2, 0.25) is 0 Å². The molecule has 0 aliphatic rings. The molecule has 0 saturated carbocycles. The third kappa shape index (κ3) is 6.19. The molecule has 0 aromatic heterocycles. The largest absolute Gasteiger partial charge is 0.544 e. The highest BCUT2D eigenvalue weighted by molar-refractivity contribution is 5.87. The van der Waals surface area contributed by atoms with Crippen LogP contribution in [0.15, 0.2) is 12.7 Å². The number of aliphatic carboxylic acids is 1. The molecule has 0 spiro atoms. The summed E-state index contributed by atoms with van der Waals surface area (Å²) in [7, 11) is 3.55. The summed E-state index contributed by atoms with van der Waals surface area (Å²) in [5, 5.41) is 13.3. The minimum atomic E-state index is -1.10. The Morgan fingerprint density at radius 1 is 1.44 bits per heavy atom. The van der Waals surface area contributed by atoms with E-state index in [0.29, 0.717) is 6.54 Å². The molecule has 0 unspecified atom stereocenters. The zero-order valence-corrected chi connectivity index (χ0v) is 10.4. The summed E-state index contributed by atoms with van der Waals surface area (Å²) in [5.41, 5.74) is -0.496. The third-order valence-electron chi connectivity index (χ3n) is 2.03. The summed E-state index contributed by atoms with van der Waals surface area (Å²) < 4.78 is 0.243. The van der Waals surface area contributed by atoms with Gasteiger partial charge in [0.2, 0.25) is 5.91 Å². The van der Waals surface area contributed by atoms with E-state index in [1.807, 2.05) is 13.8 Å². The molecular weight excluding hydrogens is 208 g/mol. The second-order valence-corrected chi connectivity index (χ2v) is 5.20. The first-order chi connectivity index (χ1) is 7.08. The molecule has 16 heavy (non-hydrogen) atoms. The number of hydrogen-bond donors (Lipinski definition) is 1. The minimum Gasteiger partial charge on any atom is -0.544 e.